The van der Waals surface area contributed by atoms with E-state index in [0.29, 0.717) is 12.5 Å². The molecule has 0 bridgehead atoms. The van der Waals surface area contributed by atoms with E-state index in [1.54, 1.807) is 7.11 Å². The van der Waals surface area contributed by atoms with Crippen LogP contribution in [-0.4, -0.2) is 41.9 Å². The molecule has 0 amide bonds. The molecule has 27 heavy (non-hydrogen) atoms. The summed E-state index contributed by atoms with van der Waals surface area (Å²) in [6.07, 6.45) is 1.00. The van der Waals surface area contributed by atoms with E-state index in [4.69, 9.17) is 9.72 Å². The summed E-state index contributed by atoms with van der Waals surface area (Å²) >= 11 is 0. The fourth-order valence-electron chi connectivity index (χ4n) is 3.77. The van der Waals surface area contributed by atoms with E-state index in [1.807, 2.05) is 12.1 Å². The van der Waals surface area contributed by atoms with Crippen LogP contribution in [0.15, 0.2) is 36.4 Å². The van der Waals surface area contributed by atoms with Crippen LogP contribution in [0, 0.1) is 5.92 Å². The third-order valence-corrected chi connectivity index (χ3v) is 5.25. The molecule has 1 N–H and O–H groups in total. The molecule has 2 aromatic rings. The second-order valence-electron chi connectivity index (χ2n) is 8.42. The highest BCUT2D eigenvalue weighted by Gasteiger charge is 2.31. The Morgan fingerprint density at radius 2 is 1.93 bits per heavy atom. The molecule has 0 saturated carbocycles. The van der Waals surface area contributed by atoms with Gasteiger partial charge in [0.25, 0.3) is 0 Å². The Morgan fingerprint density at radius 1 is 1.19 bits per heavy atom. The van der Waals surface area contributed by atoms with E-state index in [2.05, 4.69) is 54.9 Å². The van der Waals surface area contributed by atoms with E-state index in [0.717, 1.165) is 36.8 Å². The van der Waals surface area contributed by atoms with Crippen LogP contribution in [0.3, 0.4) is 0 Å². The molecule has 0 aliphatic carbocycles. The number of hydrogen-bond donors (Lipinski definition) is 1. The maximum atomic E-state index is 10.0. The maximum absolute atomic E-state index is 10.0. The molecule has 5 nitrogen and oxygen atoms in total. The van der Waals surface area contributed by atoms with E-state index in [9.17, 15) is 5.11 Å². The van der Waals surface area contributed by atoms with Crippen molar-refractivity contribution < 1.29 is 9.84 Å². The Bertz CT molecular complexity index is 743. The van der Waals surface area contributed by atoms with Crippen molar-refractivity contribution in [3.63, 3.8) is 0 Å². The molecular formula is C22H31N3O2. The van der Waals surface area contributed by atoms with Crippen molar-refractivity contribution >= 4 is 5.82 Å². The number of aliphatic hydroxyl groups is 1. The topological polar surface area (TPSA) is 58.5 Å². The highest BCUT2D eigenvalue weighted by atomic mass is 16.5. The van der Waals surface area contributed by atoms with Gasteiger partial charge >= 0.3 is 0 Å². The monoisotopic (exact) mass is 369 g/mol. The lowest BCUT2D eigenvalue weighted by atomic mass is 9.81. The van der Waals surface area contributed by atoms with Crippen molar-refractivity contribution in [3.05, 3.63) is 53.5 Å². The Balaban J connectivity index is 1.86. The van der Waals surface area contributed by atoms with Gasteiger partial charge in [-0.05, 0) is 17.9 Å². The van der Waals surface area contributed by atoms with E-state index < -0.39 is 0 Å². The third kappa shape index (κ3) is 4.66. The van der Waals surface area contributed by atoms with Crippen LogP contribution in [0.2, 0.25) is 0 Å². The molecule has 1 saturated heterocycles. The third-order valence-electron chi connectivity index (χ3n) is 5.25. The van der Waals surface area contributed by atoms with Crippen LogP contribution >= 0.6 is 0 Å². The number of ether oxygens (including phenoxy) is 1. The quantitative estimate of drug-likeness (QED) is 0.874. The lowest BCUT2D eigenvalue weighted by Gasteiger charge is -2.39. The van der Waals surface area contributed by atoms with Crippen molar-refractivity contribution in [2.75, 3.05) is 31.7 Å². The Labute approximate surface area is 162 Å². The van der Waals surface area contributed by atoms with E-state index in [-0.39, 0.29) is 17.9 Å². The molecule has 0 spiro atoms. The zero-order valence-electron chi connectivity index (χ0n) is 16.9. The van der Waals surface area contributed by atoms with Crippen molar-refractivity contribution in [1.82, 2.24) is 9.97 Å². The van der Waals surface area contributed by atoms with Crippen LogP contribution in [0.5, 0.6) is 0 Å². The van der Waals surface area contributed by atoms with Gasteiger partial charge in [-0.25, -0.2) is 9.97 Å². The molecular weight excluding hydrogens is 338 g/mol. The summed E-state index contributed by atoms with van der Waals surface area (Å²) in [7, 11) is 1.69. The molecule has 1 aromatic carbocycles. The van der Waals surface area contributed by atoms with Gasteiger partial charge in [-0.15, -0.1) is 0 Å². The highest BCUT2D eigenvalue weighted by molar-refractivity contribution is 5.42. The molecule has 1 aliphatic heterocycles. The van der Waals surface area contributed by atoms with Crippen LogP contribution in [0.1, 0.15) is 50.2 Å². The minimum atomic E-state index is -0.128. The summed E-state index contributed by atoms with van der Waals surface area (Å²) in [5.74, 6) is 2.35. The van der Waals surface area contributed by atoms with Crippen LogP contribution in [-0.2, 0) is 16.8 Å². The molecule has 1 fully saturated rings. The van der Waals surface area contributed by atoms with Gasteiger partial charge in [-0.1, -0.05) is 51.1 Å². The van der Waals surface area contributed by atoms with Gasteiger partial charge in [-0.2, -0.15) is 0 Å². The van der Waals surface area contributed by atoms with Crippen molar-refractivity contribution in [2.24, 2.45) is 5.92 Å². The van der Waals surface area contributed by atoms with Crippen LogP contribution in [0.25, 0.3) is 0 Å². The fourth-order valence-corrected chi connectivity index (χ4v) is 3.77. The predicted octanol–water partition coefficient (Wildman–Crippen LogP) is 3.52. The zero-order chi connectivity index (χ0) is 19.4. The first kappa shape index (κ1) is 19.8. The zero-order valence-corrected chi connectivity index (χ0v) is 16.9. The minimum absolute atomic E-state index is 0.128. The van der Waals surface area contributed by atoms with E-state index in [1.165, 1.54) is 5.56 Å². The lowest BCUT2D eigenvalue weighted by molar-refractivity contribution is 0.180. The molecule has 1 aromatic heterocycles. The van der Waals surface area contributed by atoms with Crippen molar-refractivity contribution in [3.8, 4) is 0 Å². The van der Waals surface area contributed by atoms with Gasteiger partial charge in [0, 0.05) is 44.2 Å². The molecule has 2 heterocycles. The number of benzene rings is 1. The number of methoxy groups -OCH3 is 1. The largest absolute Gasteiger partial charge is 0.396 e. The second-order valence-corrected chi connectivity index (χ2v) is 8.42. The summed E-state index contributed by atoms with van der Waals surface area (Å²) in [5, 5.41) is 10.0. The summed E-state index contributed by atoms with van der Waals surface area (Å²) in [5.41, 5.74) is 2.09. The molecule has 0 unspecified atom stereocenters. The summed E-state index contributed by atoms with van der Waals surface area (Å²) in [6.45, 7) is 8.75. The van der Waals surface area contributed by atoms with Crippen molar-refractivity contribution in [2.45, 2.75) is 45.1 Å². The number of nitrogens with zero attached hydrogens (tertiary/aromatic N) is 3. The van der Waals surface area contributed by atoms with Gasteiger partial charge in [0.1, 0.15) is 11.6 Å². The van der Waals surface area contributed by atoms with Gasteiger partial charge < -0.3 is 14.7 Å². The first-order valence-electron chi connectivity index (χ1n) is 9.70. The second kappa shape index (κ2) is 8.36. The first-order chi connectivity index (χ1) is 12.9. The molecule has 1 aliphatic rings. The number of aliphatic hydroxyl groups excluding tert-OH is 1. The Kier molecular flexibility index (Phi) is 6.12. The van der Waals surface area contributed by atoms with Gasteiger partial charge in [0.2, 0.25) is 0 Å². The number of anilines is 1. The average molecular weight is 370 g/mol. The van der Waals surface area contributed by atoms with Gasteiger partial charge in [0.15, 0.2) is 0 Å². The Hall–Kier alpha value is -1.98. The van der Waals surface area contributed by atoms with Crippen LogP contribution in [0.4, 0.5) is 5.82 Å². The summed E-state index contributed by atoms with van der Waals surface area (Å²) < 4.78 is 5.31. The number of hydrogen-bond acceptors (Lipinski definition) is 5. The minimum Gasteiger partial charge on any atom is -0.396 e. The summed E-state index contributed by atoms with van der Waals surface area (Å²) in [6, 6.07) is 12.6. The molecule has 146 valence electrons. The van der Waals surface area contributed by atoms with E-state index >= 15 is 0 Å². The average Bonchev–Trinajstić information content (AvgIpc) is 2.67. The first-order valence-corrected chi connectivity index (χ1v) is 9.70. The number of piperidine rings is 1. The van der Waals surface area contributed by atoms with Crippen LogP contribution < -0.4 is 4.90 Å². The standard InChI is InChI=1S/C22H31N3O2/c1-22(2,3)21-23-18(15-27-4)12-20(24-21)25-11-10-19(17(13-25)14-26)16-8-6-5-7-9-16/h5-9,12,17,19,26H,10-11,13-15H2,1-4H3/t17-,19+/m1/s1. The molecule has 5 heteroatoms. The van der Waals surface area contributed by atoms with Gasteiger partial charge in [-0.3, -0.25) is 0 Å². The highest BCUT2D eigenvalue weighted by Crippen LogP contribution is 2.34. The van der Waals surface area contributed by atoms with Crippen molar-refractivity contribution in [1.29, 1.82) is 0 Å². The number of aromatic nitrogens is 2. The SMILES string of the molecule is COCc1cc(N2CC[C@@H](c3ccccc3)[C@@H](CO)C2)nc(C(C)(C)C)n1. The molecule has 0 radical (unpaired) electrons. The normalized spacial score (nSPS) is 20.7. The lowest BCUT2D eigenvalue weighted by Crippen LogP contribution is -2.42. The molecule has 2 atom stereocenters. The maximum Gasteiger partial charge on any atom is 0.136 e. The van der Waals surface area contributed by atoms with Gasteiger partial charge in [0.05, 0.1) is 12.3 Å². The Morgan fingerprint density at radius 3 is 2.56 bits per heavy atom. The summed E-state index contributed by atoms with van der Waals surface area (Å²) in [4.78, 5) is 11.8. The predicted molar refractivity (Wildman–Crippen MR) is 108 cm³/mol. The smallest absolute Gasteiger partial charge is 0.136 e. The number of rotatable bonds is 5. The molecule has 3 rings (SSSR count). The fraction of sp³-hybridized carbons (Fsp3) is 0.545.